The van der Waals surface area contributed by atoms with Gasteiger partial charge in [0.15, 0.2) is 11.6 Å². The molecular formula is C43H42FN7O5. The van der Waals surface area contributed by atoms with E-state index in [-0.39, 0.29) is 36.0 Å². The molecule has 4 aromatic carbocycles. The maximum Gasteiger partial charge on any atom is 0.270 e. The Labute approximate surface area is 323 Å². The van der Waals surface area contributed by atoms with E-state index in [0.29, 0.717) is 90.8 Å². The molecule has 1 saturated heterocycles. The van der Waals surface area contributed by atoms with E-state index < -0.39 is 5.82 Å². The lowest BCUT2D eigenvalue weighted by Gasteiger charge is -2.37. The highest BCUT2D eigenvalue weighted by Crippen LogP contribution is 2.42. The number of benzene rings is 4. The van der Waals surface area contributed by atoms with Crippen LogP contribution in [0, 0.1) is 5.82 Å². The molecule has 286 valence electrons. The third-order valence-electron chi connectivity index (χ3n) is 10.4. The lowest BCUT2D eigenvalue weighted by atomic mass is 9.93. The van der Waals surface area contributed by atoms with E-state index in [0.717, 1.165) is 11.3 Å². The zero-order valence-electron chi connectivity index (χ0n) is 31.3. The number of amides is 2. The second kappa shape index (κ2) is 16.0. The number of ether oxygens (including phenoxy) is 3. The molecule has 12 nitrogen and oxygen atoms in total. The number of methoxy groups -OCH3 is 2. The molecule has 1 N–H and O–H groups in total. The van der Waals surface area contributed by atoms with Crippen LogP contribution < -0.4 is 19.1 Å². The Morgan fingerprint density at radius 2 is 1.55 bits per heavy atom. The van der Waals surface area contributed by atoms with Crippen LogP contribution >= 0.6 is 0 Å². The number of hydrogen-bond donors (Lipinski definition) is 1. The molecule has 1 fully saturated rings. The van der Waals surface area contributed by atoms with Crippen molar-refractivity contribution in [2.24, 2.45) is 0 Å². The van der Waals surface area contributed by atoms with E-state index in [1.807, 2.05) is 84.9 Å². The zero-order chi connectivity index (χ0) is 38.6. The minimum atomic E-state index is -0.479. The predicted octanol–water partition coefficient (Wildman–Crippen LogP) is 7.04. The van der Waals surface area contributed by atoms with Crippen molar-refractivity contribution in [1.82, 2.24) is 29.8 Å². The number of anilines is 1. The molecule has 2 aromatic heterocycles. The van der Waals surface area contributed by atoms with E-state index >= 15 is 4.39 Å². The minimum absolute atomic E-state index is 0.0453. The van der Waals surface area contributed by atoms with E-state index in [9.17, 15) is 9.59 Å². The van der Waals surface area contributed by atoms with Crippen molar-refractivity contribution >= 4 is 34.0 Å². The fourth-order valence-corrected chi connectivity index (χ4v) is 7.55. The maximum atomic E-state index is 16.8. The lowest BCUT2D eigenvalue weighted by molar-refractivity contribution is -0.131. The van der Waals surface area contributed by atoms with Gasteiger partial charge in [-0.05, 0) is 60.0 Å². The molecule has 0 radical (unpaired) electrons. The number of aromatic amines is 1. The molecule has 8 rings (SSSR count). The van der Waals surface area contributed by atoms with Gasteiger partial charge in [0.05, 0.1) is 32.5 Å². The highest BCUT2D eigenvalue weighted by Gasteiger charge is 2.29. The number of rotatable bonds is 11. The molecule has 0 saturated carbocycles. The van der Waals surface area contributed by atoms with Crippen LogP contribution in [0.2, 0.25) is 0 Å². The largest absolute Gasteiger partial charge is 0.496 e. The highest BCUT2D eigenvalue weighted by atomic mass is 19.1. The molecule has 0 unspecified atom stereocenters. The molecule has 0 spiro atoms. The Hall–Kier alpha value is -6.63. The second-order valence-corrected chi connectivity index (χ2v) is 13.7. The van der Waals surface area contributed by atoms with Gasteiger partial charge in [0.2, 0.25) is 5.91 Å². The fourth-order valence-electron chi connectivity index (χ4n) is 7.55. The van der Waals surface area contributed by atoms with Crippen molar-refractivity contribution in [2.45, 2.75) is 19.4 Å². The van der Waals surface area contributed by atoms with Gasteiger partial charge >= 0.3 is 0 Å². The fraction of sp³-hybridized carbons (Fsp3) is 0.256. The van der Waals surface area contributed by atoms with Gasteiger partial charge in [-0.1, -0.05) is 53.8 Å². The third kappa shape index (κ3) is 7.27. The summed E-state index contributed by atoms with van der Waals surface area (Å²) in [5.74, 6) is 1.91. The van der Waals surface area contributed by atoms with Crippen LogP contribution in [-0.4, -0.2) is 95.1 Å². The first-order valence-corrected chi connectivity index (χ1v) is 18.7. The van der Waals surface area contributed by atoms with Crippen LogP contribution in [0.5, 0.6) is 23.0 Å². The van der Waals surface area contributed by atoms with Gasteiger partial charge in [-0.3, -0.25) is 14.3 Å². The number of carbonyl (C=O) groups is 2. The Morgan fingerprint density at radius 3 is 2.32 bits per heavy atom. The van der Waals surface area contributed by atoms with Crippen LogP contribution in [0.15, 0.2) is 103 Å². The Kier molecular flexibility index (Phi) is 10.4. The Morgan fingerprint density at radius 1 is 0.804 bits per heavy atom. The topological polar surface area (TPSA) is 118 Å². The molecule has 0 atom stereocenters. The summed E-state index contributed by atoms with van der Waals surface area (Å²) in [4.78, 5) is 36.3. The van der Waals surface area contributed by atoms with Crippen LogP contribution in [0.3, 0.4) is 0 Å². The van der Waals surface area contributed by atoms with Crippen molar-refractivity contribution in [1.29, 1.82) is 0 Å². The first kappa shape index (κ1) is 36.4. The van der Waals surface area contributed by atoms with Gasteiger partial charge in [0, 0.05) is 68.4 Å². The van der Waals surface area contributed by atoms with Crippen LogP contribution in [0.1, 0.15) is 28.9 Å². The number of aromatic nitrogens is 4. The number of H-pyrrole nitrogens is 1. The summed E-state index contributed by atoms with van der Waals surface area (Å²) in [5.41, 5.74) is 3.87. The molecule has 2 amide bonds. The number of aryl methyl sites for hydroxylation is 1. The van der Waals surface area contributed by atoms with Gasteiger partial charge < -0.3 is 33.9 Å². The summed E-state index contributed by atoms with van der Waals surface area (Å²) < 4.78 is 36.2. The van der Waals surface area contributed by atoms with Crippen LogP contribution in [0.25, 0.3) is 27.6 Å². The number of carbonyl (C=O) groups excluding carboxylic acids is 2. The lowest BCUT2D eigenvalue weighted by Crippen LogP contribution is -2.49. The van der Waals surface area contributed by atoms with Gasteiger partial charge in [-0.2, -0.15) is 0 Å². The minimum Gasteiger partial charge on any atom is -0.496 e. The number of piperazine rings is 1. The molecular weight excluding hydrogens is 714 g/mol. The number of fused-ring (bicyclic) bond motifs is 1. The van der Waals surface area contributed by atoms with Gasteiger partial charge in [-0.25, -0.2) is 4.39 Å². The van der Waals surface area contributed by atoms with E-state index in [4.69, 9.17) is 14.2 Å². The first-order chi connectivity index (χ1) is 27.4. The van der Waals surface area contributed by atoms with Crippen molar-refractivity contribution in [2.75, 3.05) is 58.4 Å². The second-order valence-electron chi connectivity index (χ2n) is 13.7. The molecule has 0 aliphatic carbocycles. The van der Waals surface area contributed by atoms with E-state index in [1.165, 1.54) is 0 Å². The van der Waals surface area contributed by atoms with Gasteiger partial charge in [0.1, 0.15) is 28.6 Å². The standard InChI is InChI=1S/C43H42FN7O5/c1-54-36-14-7-6-13-31(36)33-26-32(29-10-9-19-50(28-29)39(52)17-20-51-21-18-45-47-51)40(44)41-34(33)27-35(46-41)43(53)49-24-22-48(23-25-49)42-37(55-2)15-8-16-38(42)56-30-11-4-3-5-12-30/h3-8,10-16,18,21,26-27,46H,9,17,19-20,22-25,28H2,1-2H3. The number of halogens is 1. The number of nitrogens with zero attached hydrogens (tertiary/aromatic N) is 6. The molecule has 0 bridgehead atoms. The van der Waals surface area contributed by atoms with E-state index in [2.05, 4.69) is 20.2 Å². The SMILES string of the molecule is COc1ccccc1-c1cc(C2=CCCN(C(=O)CCn3ccnn3)C2)c(F)c2[nH]c(C(=O)N3CCN(c4c(OC)cccc4Oc4ccccc4)CC3)cc12. The van der Waals surface area contributed by atoms with Crippen molar-refractivity contribution in [3.8, 4) is 34.1 Å². The smallest absolute Gasteiger partial charge is 0.270 e. The summed E-state index contributed by atoms with van der Waals surface area (Å²) in [6.45, 7) is 3.12. The average molecular weight is 756 g/mol. The molecule has 2 aliphatic rings. The van der Waals surface area contributed by atoms with Gasteiger partial charge in [0.25, 0.3) is 5.91 Å². The van der Waals surface area contributed by atoms with Gasteiger partial charge in [-0.15, -0.1) is 5.10 Å². The number of nitrogens with one attached hydrogen (secondary N) is 1. The van der Waals surface area contributed by atoms with Crippen LogP contribution in [-0.2, 0) is 11.3 Å². The van der Waals surface area contributed by atoms with Crippen LogP contribution in [0.4, 0.5) is 10.1 Å². The highest BCUT2D eigenvalue weighted by molar-refractivity contribution is 6.05. The normalized spacial score (nSPS) is 14.5. The summed E-state index contributed by atoms with van der Waals surface area (Å²) in [5, 5.41) is 8.33. The quantitative estimate of drug-likeness (QED) is 0.150. The van der Waals surface area contributed by atoms with Crippen molar-refractivity contribution in [3.63, 3.8) is 0 Å². The van der Waals surface area contributed by atoms with E-state index in [1.54, 1.807) is 47.2 Å². The Balaban J connectivity index is 1.07. The summed E-state index contributed by atoms with van der Waals surface area (Å²) in [6.07, 6.45) is 6.12. The third-order valence-corrected chi connectivity index (χ3v) is 10.4. The molecule has 6 aromatic rings. The summed E-state index contributed by atoms with van der Waals surface area (Å²) in [7, 11) is 3.23. The zero-order valence-corrected chi connectivity index (χ0v) is 31.3. The summed E-state index contributed by atoms with van der Waals surface area (Å²) >= 11 is 0. The molecule has 4 heterocycles. The average Bonchev–Trinajstić information content (AvgIpc) is 3.95. The summed E-state index contributed by atoms with van der Waals surface area (Å²) in [6, 6.07) is 26.4. The first-order valence-electron chi connectivity index (χ1n) is 18.7. The van der Waals surface area contributed by atoms with Crippen molar-refractivity contribution in [3.05, 3.63) is 120 Å². The molecule has 56 heavy (non-hydrogen) atoms. The number of para-hydroxylation sites is 3. The Bertz CT molecular complexity index is 2390. The molecule has 2 aliphatic heterocycles. The predicted molar refractivity (Wildman–Crippen MR) is 212 cm³/mol. The van der Waals surface area contributed by atoms with Crippen molar-refractivity contribution < 1.29 is 28.2 Å². The molecule has 13 heteroatoms. The number of hydrogen-bond acceptors (Lipinski definition) is 8. The maximum absolute atomic E-state index is 16.8. The monoisotopic (exact) mass is 755 g/mol.